The number of carbonyl (C=O) groups is 2. The van der Waals surface area contributed by atoms with E-state index in [4.69, 9.17) is 9.47 Å². The van der Waals surface area contributed by atoms with Crippen LogP contribution in [-0.4, -0.2) is 66.6 Å². The maximum absolute atomic E-state index is 13.0. The lowest BCUT2D eigenvalue weighted by Gasteiger charge is -2.20. The third-order valence-corrected chi connectivity index (χ3v) is 6.95. The van der Waals surface area contributed by atoms with Crippen LogP contribution in [0.25, 0.3) is 0 Å². The van der Waals surface area contributed by atoms with Crippen molar-refractivity contribution >= 4 is 11.9 Å². The first-order chi connectivity index (χ1) is 16.3. The molecule has 4 rings (SSSR count). The second-order valence-corrected chi connectivity index (χ2v) is 9.41. The van der Waals surface area contributed by atoms with E-state index in [0.717, 1.165) is 6.54 Å². The van der Waals surface area contributed by atoms with Crippen LogP contribution in [0, 0.1) is 19.8 Å². The van der Waals surface area contributed by atoms with Crippen LogP contribution in [-0.2, 0) is 29.0 Å². The number of aromatic nitrogens is 1. The number of likely N-dealkylation sites (tertiary alicyclic amines) is 1. The van der Waals surface area contributed by atoms with Gasteiger partial charge in [0.25, 0.3) is 5.56 Å². The van der Waals surface area contributed by atoms with Crippen molar-refractivity contribution in [2.75, 3.05) is 40.4 Å². The highest BCUT2D eigenvalue weighted by Crippen LogP contribution is 2.26. The number of ether oxygens (including phenoxy) is 2. The molecule has 0 saturated carbocycles. The number of pyridine rings is 1. The van der Waals surface area contributed by atoms with E-state index in [-0.39, 0.29) is 29.7 Å². The predicted octanol–water partition coefficient (Wildman–Crippen LogP) is 2.17. The Morgan fingerprint density at radius 3 is 2.56 bits per heavy atom. The Labute approximate surface area is 200 Å². The van der Waals surface area contributed by atoms with Gasteiger partial charge in [-0.15, -0.1) is 0 Å². The van der Waals surface area contributed by atoms with Crippen molar-refractivity contribution in [3.63, 3.8) is 0 Å². The molecule has 0 bridgehead atoms. The number of nitrogens with zero attached hydrogens (tertiary/aromatic N) is 3. The van der Waals surface area contributed by atoms with E-state index >= 15 is 0 Å². The summed E-state index contributed by atoms with van der Waals surface area (Å²) in [6, 6.07) is 7.87. The number of amides is 1. The van der Waals surface area contributed by atoms with E-state index in [9.17, 15) is 14.4 Å². The largest absolute Gasteiger partial charge is 0.492 e. The Hall–Kier alpha value is -3.13. The normalized spacial score (nSPS) is 18.5. The standard InChI is InChI=1S/C26H33N3O5/c1-17-5-6-19(11-18(17)2)15-28-8-7-21-25(26(32)33-4)22(13-24(31)29(21)10-9-28)34-16-20-12-23(30)27(3)14-20/h5-6,11,13,20H,7-10,12,14-16H2,1-4H3. The Morgan fingerprint density at radius 1 is 1.09 bits per heavy atom. The molecule has 0 aliphatic carbocycles. The lowest BCUT2D eigenvalue weighted by atomic mass is 10.1. The van der Waals surface area contributed by atoms with Crippen LogP contribution < -0.4 is 10.3 Å². The number of benzene rings is 1. The van der Waals surface area contributed by atoms with Crippen molar-refractivity contribution in [3.05, 3.63) is 62.6 Å². The minimum atomic E-state index is -0.513. The van der Waals surface area contributed by atoms with E-state index in [1.165, 1.54) is 29.9 Å². The molecule has 1 saturated heterocycles. The van der Waals surface area contributed by atoms with Crippen molar-refractivity contribution in [2.24, 2.45) is 5.92 Å². The van der Waals surface area contributed by atoms with Crippen molar-refractivity contribution in [3.8, 4) is 5.75 Å². The fourth-order valence-corrected chi connectivity index (χ4v) is 4.82. The summed E-state index contributed by atoms with van der Waals surface area (Å²) < 4.78 is 12.7. The molecule has 0 radical (unpaired) electrons. The molecular weight excluding hydrogens is 434 g/mol. The molecule has 3 heterocycles. The van der Waals surface area contributed by atoms with Gasteiger partial charge in [-0.3, -0.25) is 14.5 Å². The molecule has 2 aromatic rings. The molecule has 2 aliphatic heterocycles. The van der Waals surface area contributed by atoms with Crippen LogP contribution in [0.3, 0.4) is 0 Å². The van der Waals surface area contributed by atoms with Crippen LogP contribution in [0.1, 0.15) is 39.2 Å². The number of rotatable bonds is 6. The summed E-state index contributed by atoms with van der Waals surface area (Å²) in [6.07, 6.45) is 0.938. The molecule has 1 amide bonds. The number of carbonyl (C=O) groups excluding carboxylic acids is 2. The van der Waals surface area contributed by atoms with Crippen LogP contribution >= 0.6 is 0 Å². The number of aryl methyl sites for hydroxylation is 2. The molecule has 1 aromatic carbocycles. The summed E-state index contributed by atoms with van der Waals surface area (Å²) in [7, 11) is 3.10. The lowest BCUT2D eigenvalue weighted by Crippen LogP contribution is -2.29. The van der Waals surface area contributed by atoms with Crippen LogP contribution in [0.2, 0.25) is 0 Å². The molecule has 1 atom stereocenters. The van der Waals surface area contributed by atoms with E-state index in [1.54, 1.807) is 16.5 Å². The smallest absolute Gasteiger partial charge is 0.343 e. The summed E-state index contributed by atoms with van der Waals surface area (Å²) in [6.45, 7) is 7.77. The van der Waals surface area contributed by atoms with Gasteiger partial charge < -0.3 is 18.9 Å². The fourth-order valence-electron chi connectivity index (χ4n) is 4.82. The van der Waals surface area contributed by atoms with E-state index in [0.29, 0.717) is 50.3 Å². The first-order valence-corrected chi connectivity index (χ1v) is 11.8. The summed E-state index contributed by atoms with van der Waals surface area (Å²) in [4.78, 5) is 41.6. The summed E-state index contributed by atoms with van der Waals surface area (Å²) in [5.74, 6) is -0.167. The average Bonchev–Trinajstić information content (AvgIpc) is 2.99. The third kappa shape index (κ3) is 5.01. The van der Waals surface area contributed by atoms with Gasteiger partial charge >= 0.3 is 5.97 Å². The number of fused-ring (bicyclic) bond motifs is 1. The second-order valence-electron chi connectivity index (χ2n) is 9.41. The second kappa shape index (κ2) is 10.0. The predicted molar refractivity (Wildman–Crippen MR) is 128 cm³/mol. The van der Waals surface area contributed by atoms with Crippen LogP contribution in [0.15, 0.2) is 29.1 Å². The lowest BCUT2D eigenvalue weighted by molar-refractivity contribution is -0.126. The zero-order valence-electron chi connectivity index (χ0n) is 20.4. The molecule has 1 aromatic heterocycles. The number of hydrogen-bond acceptors (Lipinski definition) is 6. The minimum absolute atomic E-state index is 0.0259. The summed E-state index contributed by atoms with van der Waals surface area (Å²) in [5, 5.41) is 0. The maximum atomic E-state index is 13.0. The first-order valence-electron chi connectivity index (χ1n) is 11.8. The molecule has 182 valence electrons. The Morgan fingerprint density at radius 2 is 1.88 bits per heavy atom. The van der Waals surface area contributed by atoms with Crippen molar-refractivity contribution in [1.82, 2.24) is 14.4 Å². The summed E-state index contributed by atoms with van der Waals surface area (Å²) in [5.41, 5.74) is 4.53. The maximum Gasteiger partial charge on any atom is 0.343 e. The van der Waals surface area contributed by atoms with Crippen molar-refractivity contribution < 1.29 is 19.1 Å². The topological polar surface area (TPSA) is 81.1 Å². The molecule has 34 heavy (non-hydrogen) atoms. The van der Waals surface area contributed by atoms with Gasteiger partial charge in [-0.25, -0.2) is 4.79 Å². The Kier molecular flexibility index (Phi) is 7.07. The fraction of sp³-hybridized carbons (Fsp3) is 0.500. The van der Waals surface area contributed by atoms with Gasteiger partial charge in [0, 0.05) is 70.3 Å². The van der Waals surface area contributed by atoms with Gasteiger partial charge in [0.15, 0.2) is 0 Å². The zero-order valence-corrected chi connectivity index (χ0v) is 20.4. The van der Waals surface area contributed by atoms with Crippen molar-refractivity contribution in [1.29, 1.82) is 0 Å². The van der Waals surface area contributed by atoms with Crippen molar-refractivity contribution in [2.45, 2.75) is 39.8 Å². The highest BCUT2D eigenvalue weighted by molar-refractivity contribution is 5.93. The SMILES string of the molecule is COC(=O)c1c(OCC2CC(=O)N(C)C2)cc(=O)n2c1CCN(Cc1ccc(C)c(C)c1)CC2. The van der Waals surface area contributed by atoms with Gasteiger partial charge in [0.05, 0.1) is 13.7 Å². The Balaban J connectivity index is 1.56. The third-order valence-electron chi connectivity index (χ3n) is 6.95. The van der Waals surface area contributed by atoms with Crippen LogP contribution in [0.4, 0.5) is 0 Å². The quantitative estimate of drug-likeness (QED) is 0.606. The van der Waals surface area contributed by atoms with Gasteiger partial charge in [0.2, 0.25) is 5.91 Å². The summed E-state index contributed by atoms with van der Waals surface area (Å²) >= 11 is 0. The minimum Gasteiger partial charge on any atom is -0.492 e. The average molecular weight is 468 g/mol. The molecular formula is C26H33N3O5. The van der Waals surface area contributed by atoms with E-state index in [1.807, 2.05) is 0 Å². The highest BCUT2D eigenvalue weighted by Gasteiger charge is 2.30. The molecule has 8 nitrogen and oxygen atoms in total. The van der Waals surface area contributed by atoms with Crippen LogP contribution in [0.5, 0.6) is 5.75 Å². The Bertz CT molecular complexity index is 1160. The molecule has 0 spiro atoms. The zero-order chi connectivity index (χ0) is 24.4. The van der Waals surface area contributed by atoms with E-state index < -0.39 is 5.97 Å². The van der Waals surface area contributed by atoms with Gasteiger partial charge in [0.1, 0.15) is 11.3 Å². The number of esters is 1. The molecule has 0 N–H and O–H groups in total. The molecule has 1 unspecified atom stereocenters. The number of hydrogen-bond donors (Lipinski definition) is 0. The molecule has 2 aliphatic rings. The van der Waals surface area contributed by atoms with Gasteiger partial charge in [-0.1, -0.05) is 18.2 Å². The molecule has 8 heteroatoms. The van der Waals surface area contributed by atoms with Gasteiger partial charge in [-0.05, 0) is 30.5 Å². The first kappa shape index (κ1) is 24.0. The van der Waals surface area contributed by atoms with E-state index in [2.05, 4.69) is 36.9 Å². The molecule has 1 fully saturated rings. The van der Waals surface area contributed by atoms with Gasteiger partial charge in [-0.2, -0.15) is 0 Å². The number of methoxy groups -OCH3 is 1. The highest BCUT2D eigenvalue weighted by atomic mass is 16.5. The monoisotopic (exact) mass is 467 g/mol.